The summed E-state index contributed by atoms with van der Waals surface area (Å²) in [5.74, 6) is 1.48. The first-order valence-corrected chi connectivity index (χ1v) is 10.5. The van der Waals surface area contributed by atoms with Crippen LogP contribution in [-0.4, -0.2) is 36.3 Å². The summed E-state index contributed by atoms with van der Waals surface area (Å²) in [6.45, 7) is 7.29. The molecule has 1 saturated heterocycles. The number of anilines is 1. The quantitative estimate of drug-likeness (QED) is 0.687. The number of thiocarbonyl (C=S) groups is 1. The van der Waals surface area contributed by atoms with Gasteiger partial charge in [0.15, 0.2) is 5.11 Å². The second kappa shape index (κ2) is 9.89. The molecule has 1 aliphatic rings. The van der Waals surface area contributed by atoms with Gasteiger partial charge in [-0.05, 0) is 73.4 Å². The van der Waals surface area contributed by atoms with Crippen molar-refractivity contribution in [2.24, 2.45) is 0 Å². The number of ether oxygens (including phenoxy) is 1. The van der Waals surface area contributed by atoms with Crippen molar-refractivity contribution in [3.63, 3.8) is 0 Å². The van der Waals surface area contributed by atoms with Crippen LogP contribution in [-0.2, 0) is 6.54 Å². The molecule has 0 aliphatic carbocycles. The van der Waals surface area contributed by atoms with Crippen molar-refractivity contribution in [1.82, 2.24) is 10.2 Å². The molecule has 0 aromatic heterocycles. The van der Waals surface area contributed by atoms with E-state index in [1.165, 1.54) is 11.1 Å². The number of nitrogens with one attached hydrogen (secondary N) is 2. The van der Waals surface area contributed by atoms with Gasteiger partial charge in [-0.15, -0.1) is 0 Å². The summed E-state index contributed by atoms with van der Waals surface area (Å²) in [6, 6.07) is 16.7. The average molecular weight is 398 g/mol. The highest BCUT2D eigenvalue weighted by atomic mass is 32.1. The lowest BCUT2D eigenvalue weighted by atomic mass is 10.0. The molecule has 0 atom stereocenters. The number of likely N-dealkylation sites (tertiary alicyclic amines) is 1. The van der Waals surface area contributed by atoms with Gasteiger partial charge in [0.2, 0.25) is 0 Å². The predicted molar refractivity (Wildman–Crippen MR) is 121 cm³/mol. The Kier molecular flexibility index (Phi) is 7.29. The fraction of sp³-hybridized carbons (Fsp3) is 0.435. The smallest absolute Gasteiger partial charge is 0.171 e. The van der Waals surface area contributed by atoms with E-state index < -0.39 is 0 Å². The molecule has 2 aromatic rings. The van der Waals surface area contributed by atoms with E-state index in [1.54, 1.807) is 0 Å². The van der Waals surface area contributed by atoms with Crippen molar-refractivity contribution >= 4 is 23.0 Å². The van der Waals surface area contributed by atoms with Crippen LogP contribution in [0, 0.1) is 0 Å². The summed E-state index contributed by atoms with van der Waals surface area (Å²) < 4.78 is 6.10. The number of rotatable bonds is 6. The summed E-state index contributed by atoms with van der Waals surface area (Å²) in [4.78, 5) is 2.35. The van der Waals surface area contributed by atoms with Gasteiger partial charge < -0.3 is 20.3 Å². The van der Waals surface area contributed by atoms with E-state index >= 15 is 0 Å². The second-order valence-electron chi connectivity index (χ2n) is 7.85. The highest BCUT2D eigenvalue weighted by Gasteiger charge is 2.17. The molecule has 2 N–H and O–H groups in total. The molecule has 4 nitrogen and oxygen atoms in total. The summed E-state index contributed by atoms with van der Waals surface area (Å²) in [7, 11) is 2.16. The number of piperidine rings is 1. The molecular weight excluding hydrogens is 366 g/mol. The minimum absolute atomic E-state index is 0.332. The van der Waals surface area contributed by atoms with E-state index in [0.717, 1.165) is 37.4 Å². The van der Waals surface area contributed by atoms with E-state index in [9.17, 15) is 0 Å². The lowest BCUT2D eigenvalue weighted by molar-refractivity contribution is 0.114. The highest BCUT2D eigenvalue weighted by molar-refractivity contribution is 7.80. The summed E-state index contributed by atoms with van der Waals surface area (Å²) in [6.07, 6.45) is 2.52. The van der Waals surface area contributed by atoms with Gasteiger partial charge in [0, 0.05) is 25.3 Å². The first-order valence-electron chi connectivity index (χ1n) is 10.1. The lowest BCUT2D eigenvalue weighted by Crippen LogP contribution is -2.35. The van der Waals surface area contributed by atoms with Crippen LogP contribution < -0.4 is 15.4 Å². The van der Waals surface area contributed by atoms with Crippen LogP contribution in [0.15, 0.2) is 48.5 Å². The van der Waals surface area contributed by atoms with E-state index in [4.69, 9.17) is 17.0 Å². The fourth-order valence-electron chi connectivity index (χ4n) is 3.29. The van der Waals surface area contributed by atoms with Crippen molar-refractivity contribution < 1.29 is 4.74 Å². The zero-order chi connectivity index (χ0) is 19.9. The molecule has 150 valence electrons. The first-order chi connectivity index (χ1) is 13.5. The Morgan fingerprint density at radius 1 is 1.07 bits per heavy atom. The topological polar surface area (TPSA) is 36.5 Å². The molecule has 0 saturated carbocycles. The summed E-state index contributed by atoms with van der Waals surface area (Å²) >= 11 is 5.41. The minimum atomic E-state index is 0.332. The third kappa shape index (κ3) is 6.21. The molecular formula is C23H31N3OS. The van der Waals surface area contributed by atoms with Gasteiger partial charge >= 0.3 is 0 Å². The minimum Gasteiger partial charge on any atom is -0.490 e. The van der Waals surface area contributed by atoms with Gasteiger partial charge in [0.25, 0.3) is 0 Å². The number of benzene rings is 2. The van der Waals surface area contributed by atoms with Gasteiger partial charge in [0.1, 0.15) is 11.9 Å². The molecule has 0 amide bonds. The van der Waals surface area contributed by atoms with E-state index in [0.29, 0.717) is 23.7 Å². The first kappa shape index (κ1) is 20.6. The molecule has 3 rings (SSSR count). The molecule has 0 radical (unpaired) electrons. The Labute approximate surface area is 174 Å². The second-order valence-corrected chi connectivity index (χ2v) is 8.26. The zero-order valence-corrected chi connectivity index (χ0v) is 17.9. The van der Waals surface area contributed by atoms with Crippen molar-refractivity contribution in [2.45, 2.75) is 45.3 Å². The molecule has 0 bridgehead atoms. The van der Waals surface area contributed by atoms with E-state index in [-0.39, 0.29) is 0 Å². The molecule has 28 heavy (non-hydrogen) atoms. The Hall–Kier alpha value is -2.11. The summed E-state index contributed by atoms with van der Waals surface area (Å²) in [5, 5.41) is 7.13. The molecule has 0 spiro atoms. The zero-order valence-electron chi connectivity index (χ0n) is 17.1. The highest BCUT2D eigenvalue weighted by Crippen LogP contribution is 2.19. The third-order valence-corrected chi connectivity index (χ3v) is 5.43. The van der Waals surface area contributed by atoms with Gasteiger partial charge in [-0.1, -0.05) is 38.1 Å². The Morgan fingerprint density at radius 3 is 2.32 bits per heavy atom. The molecule has 1 fully saturated rings. The number of hydrogen-bond donors (Lipinski definition) is 2. The molecule has 1 heterocycles. The van der Waals surface area contributed by atoms with Gasteiger partial charge in [-0.2, -0.15) is 0 Å². The Bertz CT molecular complexity index is 750. The van der Waals surface area contributed by atoms with Crippen LogP contribution in [0.5, 0.6) is 5.75 Å². The van der Waals surface area contributed by atoms with Gasteiger partial charge in [0.05, 0.1) is 0 Å². The van der Waals surface area contributed by atoms with Crippen molar-refractivity contribution in [2.75, 3.05) is 25.5 Å². The molecule has 1 aliphatic heterocycles. The lowest BCUT2D eigenvalue weighted by Gasteiger charge is -2.29. The maximum Gasteiger partial charge on any atom is 0.171 e. The SMILES string of the molecule is CC(C)c1ccc(NC(=S)NCc2ccc(OC3CCN(C)CC3)cc2)cc1. The maximum atomic E-state index is 6.10. The van der Waals surface area contributed by atoms with Crippen molar-refractivity contribution in [1.29, 1.82) is 0 Å². The Morgan fingerprint density at radius 2 is 1.71 bits per heavy atom. The van der Waals surface area contributed by atoms with Crippen LogP contribution in [0.4, 0.5) is 5.69 Å². The Balaban J connectivity index is 1.43. The standard InChI is InChI=1S/C23H31N3OS/c1-17(2)19-6-8-20(9-7-19)25-23(28)24-16-18-4-10-21(11-5-18)27-22-12-14-26(3)15-13-22/h4-11,17,22H,12-16H2,1-3H3,(H2,24,25,28). The van der Waals surface area contributed by atoms with Crippen LogP contribution >= 0.6 is 12.2 Å². The number of hydrogen-bond acceptors (Lipinski definition) is 3. The van der Waals surface area contributed by atoms with E-state index in [2.05, 4.69) is 85.0 Å². The van der Waals surface area contributed by atoms with Crippen molar-refractivity contribution in [3.8, 4) is 5.75 Å². The van der Waals surface area contributed by atoms with Crippen LogP contribution in [0.3, 0.4) is 0 Å². The summed E-state index contributed by atoms with van der Waals surface area (Å²) in [5.41, 5.74) is 3.51. The predicted octanol–water partition coefficient (Wildman–Crippen LogP) is 4.77. The average Bonchev–Trinajstić information content (AvgIpc) is 2.69. The largest absolute Gasteiger partial charge is 0.490 e. The van der Waals surface area contributed by atoms with Crippen LogP contribution in [0.1, 0.15) is 43.7 Å². The van der Waals surface area contributed by atoms with Crippen molar-refractivity contribution in [3.05, 3.63) is 59.7 Å². The van der Waals surface area contributed by atoms with E-state index in [1.807, 2.05) is 0 Å². The monoisotopic (exact) mass is 397 g/mol. The normalized spacial score (nSPS) is 15.4. The molecule has 2 aromatic carbocycles. The molecule has 5 heteroatoms. The van der Waals surface area contributed by atoms with Crippen LogP contribution in [0.2, 0.25) is 0 Å². The fourth-order valence-corrected chi connectivity index (χ4v) is 3.48. The number of nitrogens with zero attached hydrogens (tertiary/aromatic N) is 1. The van der Waals surface area contributed by atoms with Gasteiger partial charge in [-0.3, -0.25) is 0 Å². The van der Waals surface area contributed by atoms with Crippen LogP contribution in [0.25, 0.3) is 0 Å². The third-order valence-electron chi connectivity index (χ3n) is 5.18. The molecule has 0 unspecified atom stereocenters. The maximum absolute atomic E-state index is 6.10. The van der Waals surface area contributed by atoms with Gasteiger partial charge in [-0.25, -0.2) is 0 Å².